The number of hydrogen-bond acceptors (Lipinski definition) is 7. The third kappa shape index (κ3) is 9.86. The molecule has 4 rings (SSSR count). The molecule has 296 valence electrons. The molecule has 12 heteroatoms. The minimum atomic E-state index is -1.80. The first-order chi connectivity index (χ1) is 25.7. The number of para-hydroxylation sites is 2. The summed E-state index contributed by atoms with van der Waals surface area (Å²) < 4.78 is 11.6. The largest absolute Gasteiger partial charge is 0.495 e. The second kappa shape index (κ2) is 17.3. The van der Waals surface area contributed by atoms with Crippen LogP contribution >= 0.6 is 11.6 Å². The highest BCUT2D eigenvalue weighted by atomic mass is 35.5. The molecular formula is C43H55ClN4O7. The number of anilines is 3. The fraction of sp³-hybridized carbons (Fsp3) is 0.465. The van der Waals surface area contributed by atoms with E-state index in [2.05, 4.69) is 64.3 Å². The number of hydrogen-bond donors (Lipinski definition) is 2. The number of carbonyl (C=O) groups is 5. The molecule has 3 aromatic carbocycles. The summed E-state index contributed by atoms with van der Waals surface area (Å²) in [5.74, 6) is -1.42. The lowest BCUT2D eigenvalue weighted by molar-refractivity contribution is -0.143. The number of nitrogens with zero attached hydrogens (tertiary/aromatic N) is 2. The Morgan fingerprint density at radius 3 is 2.16 bits per heavy atom. The normalized spacial score (nSPS) is 14.2. The van der Waals surface area contributed by atoms with E-state index in [1.54, 1.807) is 51.1 Å². The van der Waals surface area contributed by atoms with Crippen LogP contribution in [-0.2, 0) is 30.0 Å². The lowest BCUT2D eigenvalue weighted by Gasteiger charge is -2.30. The molecular weight excluding hydrogens is 720 g/mol. The Morgan fingerprint density at radius 1 is 0.855 bits per heavy atom. The van der Waals surface area contributed by atoms with Gasteiger partial charge in [0.25, 0.3) is 11.8 Å². The van der Waals surface area contributed by atoms with Gasteiger partial charge in [0.2, 0.25) is 5.91 Å². The molecule has 5 amide bonds. The topological polar surface area (TPSA) is 134 Å². The van der Waals surface area contributed by atoms with E-state index in [0.29, 0.717) is 35.1 Å². The highest BCUT2D eigenvalue weighted by Crippen LogP contribution is 2.39. The number of urea groups is 1. The number of rotatable bonds is 16. The standard InChI is InChI=1S/C43H55ClN4O7/c1-11-42(6,7)27-19-22-33(29(24-27)43(8,9)12-2)55-23-15-18-35(49)45-28-20-21-30(44)31(25-28)46-39(52)37(38(51)41(3,4)5)48-36(50)26-47(40(48)53)32-16-13-14-17-34(32)54-10/h13-14,16-17,19-22,24-25,37H,11-12,15,18,23,26H2,1-10H3,(H,45,49)(H,46,52). The average Bonchev–Trinajstić information content (AvgIpc) is 3.43. The molecule has 1 unspecified atom stereocenters. The predicted octanol–water partition coefficient (Wildman–Crippen LogP) is 8.91. The molecule has 1 saturated heterocycles. The summed E-state index contributed by atoms with van der Waals surface area (Å²) in [7, 11) is 1.44. The van der Waals surface area contributed by atoms with E-state index in [4.69, 9.17) is 21.1 Å². The van der Waals surface area contributed by atoms with E-state index in [9.17, 15) is 24.0 Å². The van der Waals surface area contributed by atoms with Crippen molar-refractivity contribution in [2.24, 2.45) is 5.41 Å². The van der Waals surface area contributed by atoms with Gasteiger partial charge in [0.15, 0.2) is 11.8 Å². The first-order valence-electron chi connectivity index (χ1n) is 18.7. The molecule has 3 aromatic rings. The Labute approximate surface area is 330 Å². The first kappa shape index (κ1) is 42.8. The fourth-order valence-corrected chi connectivity index (χ4v) is 6.28. The van der Waals surface area contributed by atoms with Crippen LogP contribution in [0.5, 0.6) is 11.5 Å². The smallest absolute Gasteiger partial charge is 0.332 e. The number of ketones is 1. The van der Waals surface area contributed by atoms with E-state index in [-0.39, 0.29) is 33.9 Å². The van der Waals surface area contributed by atoms with Gasteiger partial charge in [-0.2, -0.15) is 0 Å². The molecule has 1 heterocycles. The Bertz CT molecular complexity index is 1930. The van der Waals surface area contributed by atoms with Gasteiger partial charge < -0.3 is 20.1 Å². The maximum atomic E-state index is 13.9. The van der Waals surface area contributed by atoms with Crippen molar-refractivity contribution in [2.75, 3.05) is 35.8 Å². The zero-order valence-corrected chi connectivity index (χ0v) is 34.5. The summed E-state index contributed by atoms with van der Waals surface area (Å²) in [6.07, 6.45) is 2.58. The third-order valence-corrected chi connectivity index (χ3v) is 10.8. The van der Waals surface area contributed by atoms with Gasteiger partial charge in [-0.3, -0.25) is 24.1 Å². The molecule has 1 aliphatic heterocycles. The van der Waals surface area contributed by atoms with Gasteiger partial charge in [-0.15, -0.1) is 0 Å². The molecule has 2 N–H and O–H groups in total. The fourth-order valence-electron chi connectivity index (χ4n) is 6.11. The summed E-state index contributed by atoms with van der Waals surface area (Å²) in [5.41, 5.74) is 2.01. The molecule has 1 atom stereocenters. The molecule has 0 aliphatic carbocycles. The molecule has 0 radical (unpaired) electrons. The minimum Gasteiger partial charge on any atom is -0.495 e. The molecule has 0 saturated carbocycles. The number of imide groups is 1. The summed E-state index contributed by atoms with van der Waals surface area (Å²) in [5, 5.41) is 5.58. The highest BCUT2D eigenvalue weighted by Gasteiger charge is 2.50. The predicted molar refractivity (Wildman–Crippen MR) is 217 cm³/mol. The zero-order valence-electron chi connectivity index (χ0n) is 33.7. The van der Waals surface area contributed by atoms with E-state index in [1.807, 2.05) is 6.07 Å². The Balaban J connectivity index is 1.45. The molecule has 0 bridgehead atoms. The molecule has 1 fully saturated rings. The van der Waals surface area contributed by atoms with Crippen molar-refractivity contribution in [3.8, 4) is 11.5 Å². The van der Waals surface area contributed by atoms with Crippen molar-refractivity contribution in [1.82, 2.24) is 4.90 Å². The number of amides is 5. The lowest BCUT2D eigenvalue weighted by atomic mass is 9.76. The van der Waals surface area contributed by atoms with Crippen molar-refractivity contribution in [3.63, 3.8) is 0 Å². The van der Waals surface area contributed by atoms with Crippen molar-refractivity contribution in [2.45, 2.75) is 105 Å². The summed E-state index contributed by atoms with van der Waals surface area (Å²) in [6.45, 7) is 18.0. The second-order valence-electron chi connectivity index (χ2n) is 16.2. The van der Waals surface area contributed by atoms with Gasteiger partial charge in [0.1, 0.15) is 18.0 Å². The van der Waals surface area contributed by atoms with Gasteiger partial charge in [0, 0.05) is 23.1 Å². The van der Waals surface area contributed by atoms with Crippen LogP contribution in [0.4, 0.5) is 21.9 Å². The van der Waals surface area contributed by atoms with Crippen molar-refractivity contribution in [3.05, 3.63) is 76.8 Å². The molecule has 1 aliphatic rings. The van der Waals surface area contributed by atoms with Gasteiger partial charge in [0.05, 0.1) is 30.1 Å². The maximum absolute atomic E-state index is 13.9. The Morgan fingerprint density at radius 2 is 1.53 bits per heavy atom. The van der Waals surface area contributed by atoms with Crippen LogP contribution in [0.25, 0.3) is 0 Å². The minimum absolute atomic E-state index is 0.0383. The third-order valence-electron chi connectivity index (χ3n) is 10.4. The SMILES string of the molecule is CCC(C)(C)c1ccc(OCCCC(=O)Nc2ccc(Cl)c(NC(=O)C(C(=O)C(C)(C)C)N3C(=O)CN(c4ccccc4OC)C3=O)c2)c(C(C)(C)CC)c1. The molecule has 0 aromatic heterocycles. The van der Waals surface area contributed by atoms with E-state index >= 15 is 0 Å². The molecule has 11 nitrogen and oxygen atoms in total. The second-order valence-corrected chi connectivity index (χ2v) is 16.6. The number of ether oxygens (including phenoxy) is 2. The van der Waals surface area contributed by atoms with Crippen LogP contribution in [0.1, 0.15) is 99.1 Å². The number of carbonyl (C=O) groups excluding carboxylic acids is 5. The quantitative estimate of drug-likeness (QED) is 0.0843. The highest BCUT2D eigenvalue weighted by molar-refractivity contribution is 6.34. The average molecular weight is 775 g/mol. The number of nitrogens with one attached hydrogen (secondary N) is 2. The monoisotopic (exact) mass is 774 g/mol. The molecule has 0 spiro atoms. The van der Waals surface area contributed by atoms with Crippen molar-refractivity contribution in [1.29, 1.82) is 0 Å². The van der Waals surface area contributed by atoms with Crippen LogP contribution in [0, 0.1) is 5.41 Å². The number of methoxy groups -OCH3 is 1. The van der Waals surface area contributed by atoms with E-state index in [1.165, 1.54) is 29.7 Å². The van der Waals surface area contributed by atoms with Crippen LogP contribution in [0.3, 0.4) is 0 Å². The van der Waals surface area contributed by atoms with E-state index < -0.39 is 41.6 Å². The number of halogens is 1. The van der Waals surface area contributed by atoms with Gasteiger partial charge >= 0.3 is 6.03 Å². The lowest BCUT2D eigenvalue weighted by Crippen LogP contribution is -2.55. The van der Waals surface area contributed by atoms with Crippen LogP contribution in [-0.4, -0.2) is 60.7 Å². The summed E-state index contributed by atoms with van der Waals surface area (Å²) in [4.78, 5) is 69.7. The first-order valence-corrected chi connectivity index (χ1v) is 19.1. The van der Waals surface area contributed by atoms with E-state index in [0.717, 1.165) is 24.2 Å². The van der Waals surface area contributed by atoms with Crippen LogP contribution < -0.4 is 25.0 Å². The van der Waals surface area contributed by atoms with Gasteiger partial charge in [-0.1, -0.05) is 98.2 Å². The summed E-state index contributed by atoms with van der Waals surface area (Å²) >= 11 is 6.46. The van der Waals surface area contributed by atoms with Gasteiger partial charge in [-0.05, 0) is 72.1 Å². The Hall–Kier alpha value is -4.90. The number of Topliss-reactive ketones (excluding diaryl/α,β-unsaturated/α-hetero) is 1. The Kier molecular flexibility index (Phi) is 13.5. The van der Waals surface area contributed by atoms with Crippen LogP contribution in [0.2, 0.25) is 5.02 Å². The maximum Gasteiger partial charge on any atom is 0.332 e. The van der Waals surface area contributed by atoms with Crippen molar-refractivity contribution >= 4 is 58.2 Å². The summed E-state index contributed by atoms with van der Waals surface area (Å²) in [6, 6.07) is 15.0. The molecule has 55 heavy (non-hydrogen) atoms. The zero-order chi connectivity index (χ0) is 40.9. The van der Waals surface area contributed by atoms with Crippen LogP contribution in [0.15, 0.2) is 60.7 Å². The van der Waals surface area contributed by atoms with Crippen molar-refractivity contribution < 1.29 is 33.4 Å². The number of benzene rings is 3. The van der Waals surface area contributed by atoms with Gasteiger partial charge in [-0.25, -0.2) is 9.69 Å².